The average Bonchev–Trinajstić information content (AvgIpc) is 2.62. The summed E-state index contributed by atoms with van der Waals surface area (Å²) in [5.74, 6) is 0.695. The van der Waals surface area contributed by atoms with Gasteiger partial charge in [0.05, 0.1) is 0 Å². The van der Waals surface area contributed by atoms with E-state index in [1.165, 1.54) is 0 Å². The van der Waals surface area contributed by atoms with Gasteiger partial charge in [0.15, 0.2) is 0 Å². The smallest absolute Gasteiger partial charge is 0.291 e. The summed E-state index contributed by atoms with van der Waals surface area (Å²) >= 11 is 0. The first-order chi connectivity index (χ1) is 6.09. The number of H-pyrrole nitrogens is 1. The molecule has 0 unspecified atom stereocenters. The van der Waals surface area contributed by atoms with Gasteiger partial charge in [-0.25, -0.2) is 4.98 Å². The van der Waals surface area contributed by atoms with E-state index in [1.54, 1.807) is 6.92 Å². The zero-order chi connectivity index (χ0) is 9.47. The molecular weight excluding hydrogens is 168 g/mol. The van der Waals surface area contributed by atoms with Crippen molar-refractivity contribution in [3.8, 4) is 0 Å². The number of amides is 1. The summed E-state index contributed by atoms with van der Waals surface area (Å²) in [7, 11) is 0. The topological polar surface area (TPSA) is 70.7 Å². The summed E-state index contributed by atoms with van der Waals surface area (Å²) in [5, 5.41) is 9.29. The van der Waals surface area contributed by atoms with Crippen molar-refractivity contribution in [3.63, 3.8) is 0 Å². The second-order valence-corrected chi connectivity index (χ2v) is 3.76. The molecule has 0 aromatic carbocycles. The third-order valence-corrected chi connectivity index (χ3v) is 2.22. The molecule has 1 aromatic heterocycles. The van der Waals surface area contributed by atoms with Crippen LogP contribution in [0.2, 0.25) is 0 Å². The molecule has 1 aliphatic carbocycles. The van der Waals surface area contributed by atoms with Crippen molar-refractivity contribution in [3.05, 3.63) is 11.6 Å². The van der Waals surface area contributed by atoms with E-state index in [4.69, 9.17) is 0 Å². The lowest BCUT2D eigenvalue weighted by molar-refractivity contribution is 0.0925. The molecule has 1 aliphatic rings. The summed E-state index contributed by atoms with van der Waals surface area (Å²) < 4.78 is 0. The van der Waals surface area contributed by atoms with Crippen molar-refractivity contribution in [2.24, 2.45) is 0 Å². The molecular formula is C8H12N4O. The molecule has 5 nitrogen and oxygen atoms in total. The Kier molecular flexibility index (Phi) is 1.61. The number of nitrogens with one attached hydrogen (secondary N) is 2. The number of aromatic nitrogens is 3. The maximum Gasteiger partial charge on any atom is 0.291 e. The standard InChI is InChI=1S/C8H12N4O/c1-5-9-6(12-11-5)7(13)10-8(2)3-4-8/h3-4H2,1-2H3,(H,10,13)(H,9,11,12). The van der Waals surface area contributed by atoms with Gasteiger partial charge in [0.2, 0.25) is 5.82 Å². The molecule has 2 N–H and O–H groups in total. The lowest BCUT2D eigenvalue weighted by atomic mass is 10.3. The first kappa shape index (κ1) is 8.22. The van der Waals surface area contributed by atoms with E-state index in [2.05, 4.69) is 20.5 Å². The Hall–Kier alpha value is -1.39. The molecule has 70 valence electrons. The van der Waals surface area contributed by atoms with Crippen LogP contribution in [0.1, 0.15) is 36.2 Å². The van der Waals surface area contributed by atoms with Gasteiger partial charge in [-0.2, -0.15) is 0 Å². The molecule has 0 bridgehead atoms. The van der Waals surface area contributed by atoms with Gasteiger partial charge in [0.25, 0.3) is 5.91 Å². The SMILES string of the molecule is Cc1nc(C(=O)NC2(C)CC2)n[nH]1. The van der Waals surface area contributed by atoms with Crippen molar-refractivity contribution >= 4 is 5.91 Å². The number of hydrogen-bond donors (Lipinski definition) is 2. The van der Waals surface area contributed by atoms with E-state index in [0.29, 0.717) is 5.82 Å². The highest BCUT2D eigenvalue weighted by molar-refractivity contribution is 5.91. The molecule has 1 amide bonds. The van der Waals surface area contributed by atoms with Crippen molar-refractivity contribution in [2.75, 3.05) is 0 Å². The number of rotatable bonds is 2. The zero-order valence-electron chi connectivity index (χ0n) is 7.72. The van der Waals surface area contributed by atoms with Gasteiger partial charge >= 0.3 is 0 Å². The maximum absolute atomic E-state index is 11.5. The van der Waals surface area contributed by atoms with Crippen LogP contribution in [0.3, 0.4) is 0 Å². The highest BCUT2D eigenvalue weighted by Gasteiger charge is 2.39. The Balaban J connectivity index is 2.05. The number of nitrogens with zero attached hydrogens (tertiary/aromatic N) is 2. The first-order valence-corrected chi connectivity index (χ1v) is 4.31. The molecule has 2 rings (SSSR count). The average molecular weight is 180 g/mol. The Morgan fingerprint density at radius 1 is 1.62 bits per heavy atom. The van der Waals surface area contributed by atoms with Crippen molar-refractivity contribution < 1.29 is 4.79 Å². The summed E-state index contributed by atoms with van der Waals surface area (Å²) in [4.78, 5) is 15.4. The van der Waals surface area contributed by atoms with Crippen LogP contribution >= 0.6 is 0 Å². The van der Waals surface area contributed by atoms with Crippen molar-refractivity contribution in [1.82, 2.24) is 20.5 Å². The Morgan fingerprint density at radius 2 is 2.31 bits per heavy atom. The number of carbonyl (C=O) groups is 1. The van der Waals surface area contributed by atoms with Gasteiger partial charge < -0.3 is 5.32 Å². The Labute approximate surface area is 75.9 Å². The van der Waals surface area contributed by atoms with Gasteiger partial charge in [-0.05, 0) is 26.7 Å². The van der Waals surface area contributed by atoms with Crippen LogP contribution < -0.4 is 5.32 Å². The molecule has 0 saturated heterocycles. The minimum atomic E-state index is -0.190. The quantitative estimate of drug-likeness (QED) is 0.691. The number of aromatic amines is 1. The van der Waals surface area contributed by atoms with Gasteiger partial charge in [-0.1, -0.05) is 0 Å². The van der Waals surface area contributed by atoms with Crippen LogP contribution in [0.15, 0.2) is 0 Å². The zero-order valence-corrected chi connectivity index (χ0v) is 7.72. The van der Waals surface area contributed by atoms with Crippen LogP contribution in [-0.4, -0.2) is 26.6 Å². The minimum absolute atomic E-state index is 0.00832. The van der Waals surface area contributed by atoms with Crippen LogP contribution in [0.25, 0.3) is 0 Å². The first-order valence-electron chi connectivity index (χ1n) is 4.31. The van der Waals surface area contributed by atoms with Crippen LogP contribution in [0.4, 0.5) is 0 Å². The lowest BCUT2D eigenvalue weighted by Crippen LogP contribution is -2.34. The number of carbonyl (C=O) groups excluding carboxylic acids is 1. The molecule has 5 heteroatoms. The number of hydrogen-bond acceptors (Lipinski definition) is 3. The van der Waals surface area contributed by atoms with Gasteiger partial charge in [-0.15, -0.1) is 5.10 Å². The van der Waals surface area contributed by atoms with E-state index in [9.17, 15) is 4.79 Å². The fourth-order valence-electron chi connectivity index (χ4n) is 1.09. The van der Waals surface area contributed by atoms with Crippen molar-refractivity contribution in [2.45, 2.75) is 32.2 Å². The highest BCUT2D eigenvalue weighted by Crippen LogP contribution is 2.34. The summed E-state index contributed by atoms with van der Waals surface area (Å²) in [6.07, 6.45) is 2.09. The predicted octanol–water partition coefficient (Wildman–Crippen LogP) is 0.395. The molecule has 1 fully saturated rings. The monoisotopic (exact) mass is 180 g/mol. The largest absolute Gasteiger partial charge is 0.344 e. The summed E-state index contributed by atoms with van der Waals surface area (Å²) in [5.41, 5.74) is -0.00832. The van der Waals surface area contributed by atoms with Gasteiger partial charge in [-0.3, -0.25) is 9.89 Å². The fraction of sp³-hybridized carbons (Fsp3) is 0.625. The highest BCUT2D eigenvalue weighted by atomic mass is 16.2. The summed E-state index contributed by atoms with van der Waals surface area (Å²) in [6, 6.07) is 0. The van der Waals surface area contributed by atoms with Gasteiger partial charge in [0, 0.05) is 5.54 Å². The van der Waals surface area contributed by atoms with Crippen molar-refractivity contribution in [1.29, 1.82) is 0 Å². The third-order valence-electron chi connectivity index (χ3n) is 2.22. The molecule has 0 spiro atoms. The Morgan fingerprint density at radius 3 is 2.77 bits per heavy atom. The normalized spacial score (nSPS) is 18.3. The summed E-state index contributed by atoms with van der Waals surface area (Å²) in [6.45, 7) is 3.78. The van der Waals surface area contributed by atoms with Gasteiger partial charge in [0.1, 0.15) is 5.82 Å². The molecule has 0 radical (unpaired) electrons. The van der Waals surface area contributed by atoms with E-state index < -0.39 is 0 Å². The number of aryl methyl sites for hydroxylation is 1. The fourth-order valence-corrected chi connectivity index (χ4v) is 1.09. The lowest BCUT2D eigenvalue weighted by Gasteiger charge is -2.08. The third kappa shape index (κ3) is 1.68. The van der Waals surface area contributed by atoms with Crippen LogP contribution in [0.5, 0.6) is 0 Å². The second kappa shape index (κ2) is 2.55. The Bertz CT molecular complexity index is 340. The van der Waals surface area contributed by atoms with E-state index in [-0.39, 0.29) is 17.3 Å². The molecule has 0 aliphatic heterocycles. The van der Waals surface area contributed by atoms with E-state index in [0.717, 1.165) is 12.8 Å². The molecule has 0 atom stereocenters. The van der Waals surface area contributed by atoms with E-state index >= 15 is 0 Å². The molecule has 1 heterocycles. The maximum atomic E-state index is 11.5. The van der Waals surface area contributed by atoms with Crippen LogP contribution in [0, 0.1) is 6.92 Å². The van der Waals surface area contributed by atoms with E-state index in [1.807, 2.05) is 6.92 Å². The second-order valence-electron chi connectivity index (χ2n) is 3.76. The molecule has 1 aromatic rings. The van der Waals surface area contributed by atoms with Crippen LogP contribution in [-0.2, 0) is 0 Å². The molecule has 1 saturated carbocycles. The predicted molar refractivity (Wildman–Crippen MR) is 46.2 cm³/mol. The minimum Gasteiger partial charge on any atom is -0.344 e. The molecule has 13 heavy (non-hydrogen) atoms.